The van der Waals surface area contributed by atoms with E-state index >= 15 is 0 Å². The Morgan fingerprint density at radius 1 is 1.53 bits per heavy atom. The quantitative estimate of drug-likeness (QED) is 0.699. The lowest BCUT2D eigenvalue weighted by atomic mass is 10.1. The van der Waals surface area contributed by atoms with E-state index in [1.807, 2.05) is 11.8 Å². The largest absolute Gasteiger partial charge is 0.481 e. The lowest BCUT2D eigenvalue weighted by molar-refractivity contribution is -0.137. The number of aliphatic carboxylic acids is 1. The maximum Gasteiger partial charge on any atom is 0.315 e. The summed E-state index contributed by atoms with van der Waals surface area (Å²) in [7, 11) is 0. The van der Waals surface area contributed by atoms with Gasteiger partial charge in [0.25, 0.3) is 0 Å². The van der Waals surface area contributed by atoms with Crippen LogP contribution in [0.4, 0.5) is 4.79 Å². The first-order chi connectivity index (χ1) is 7.91. The van der Waals surface area contributed by atoms with Crippen molar-refractivity contribution in [2.75, 3.05) is 12.3 Å². The van der Waals surface area contributed by atoms with Crippen LogP contribution in [0.25, 0.3) is 0 Å². The SMILES string of the molecule is CC(CC(=O)O)NC(=O)NCC1(C)CCCS1. The van der Waals surface area contributed by atoms with Crippen molar-refractivity contribution in [1.29, 1.82) is 0 Å². The molecule has 1 heterocycles. The molecule has 0 spiro atoms. The standard InChI is InChI=1S/C11H20N2O3S/c1-8(6-9(14)15)13-10(16)12-7-11(2)4-3-5-17-11/h8H,3-7H2,1-2H3,(H,14,15)(H2,12,13,16). The van der Waals surface area contributed by atoms with Gasteiger partial charge in [-0.2, -0.15) is 11.8 Å². The zero-order valence-electron chi connectivity index (χ0n) is 10.3. The minimum atomic E-state index is -0.906. The van der Waals surface area contributed by atoms with Gasteiger partial charge in [-0.3, -0.25) is 4.79 Å². The van der Waals surface area contributed by atoms with Crippen LogP contribution >= 0.6 is 11.8 Å². The van der Waals surface area contributed by atoms with Gasteiger partial charge in [0.2, 0.25) is 0 Å². The molecule has 0 aliphatic carbocycles. The Morgan fingerprint density at radius 3 is 2.76 bits per heavy atom. The van der Waals surface area contributed by atoms with Gasteiger partial charge in [-0.25, -0.2) is 4.79 Å². The molecule has 0 bridgehead atoms. The summed E-state index contributed by atoms with van der Waals surface area (Å²) >= 11 is 1.88. The average Bonchev–Trinajstić information content (AvgIpc) is 2.61. The fourth-order valence-electron chi connectivity index (χ4n) is 1.83. The molecule has 1 aliphatic heterocycles. The van der Waals surface area contributed by atoms with Crippen LogP contribution < -0.4 is 10.6 Å². The van der Waals surface area contributed by atoms with Crippen molar-refractivity contribution in [3.63, 3.8) is 0 Å². The first-order valence-corrected chi connectivity index (χ1v) is 6.80. The second kappa shape index (κ2) is 6.14. The fraction of sp³-hybridized carbons (Fsp3) is 0.818. The number of carbonyl (C=O) groups is 2. The Hall–Kier alpha value is -0.910. The summed E-state index contributed by atoms with van der Waals surface area (Å²) in [5.74, 6) is 0.242. The minimum absolute atomic E-state index is 0.0561. The van der Waals surface area contributed by atoms with Crippen molar-refractivity contribution in [3.05, 3.63) is 0 Å². The van der Waals surface area contributed by atoms with Crippen LogP contribution in [-0.4, -0.2) is 40.2 Å². The Bertz CT molecular complexity index is 290. The molecule has 0 aromatic heterocycles. The van der Waals surface area contributed by atoms with Crippen LogP contribution in [0.3, 0.4) is 0 Å². The maximum absolute atomic E-state index is 11.5. The number of carbonyl (C=O) groups excluding carboxylic acids is 1. The van der Waals surface area contributed by atoms with Gasteiger partial charge < -0.3 is 15.7 Å². The summed E-state index contributed by atoms with van der Waals surface area (Å²) in [6.07, 6.45) is 2.25. The Morgan fingerprint density at radius 2 is 2.24 bits per heavy atom. The molecule has 17 heavy (non-hydrogen) atoms. The molecule has 0 aromatic rings. The van der Waals surface area contributed by atoms with E-state index in [9.17, 15) is 9.59 Å². The Kier molecular flexibility index (Phi) is 5.11. The van der Waals surface area contributed by atoms with Gasteiger partial charge in [0.1, 0.15) is 0 Å². The van der Waals surface area contributed by atoms with E-state index in [0.717, 1.165) is 12.2 Å². The van der Waals surface area contributed by atoms with Gasteiger partial charge in [0, 0.05) is 17.3 Å². The summed E-state index contributed by atoms with van der Waals surface area (Å²) in [6, 6.07) is -0.635. The number of thioether (sulfide) groups is 1. The fourth-order valence-corrected chi connectivity index (χ4v) is 3.08. The van der Waals surface area contributed by atoms with E-state index in [2.05, 4.69) is 17.6 Å². The van der Waals surface area contributed by atoms with Crippen molar-refractivity contribution < 1.29 is 14.7 Å². The molecule has 1 saturated heterocycles. The summed E-state index contributed by atoms with van der Waals surface area (Å²) < 4.78 is 0.132. The predicted molar refractivity (Wildman–Crippen MR) is 68.3 cm³/mol. The van der Waals surface area contributed by atoms with Gasteiger partial charge in [-0.1, -0.05) is 0 Å². The molecule has 6 heteroatoms. The molecule has 3 N–H and O–H groups in total. The van der Waals surface area contributed by atoms with E-state index in [-0.39, 0.29) is 23.2 Å². The van der Waals surface area contributed by atoms with Crippen LogP contribution in [0.15, 0.2) is 0 Å². The van der Waals surface area contributed by atoms with Crippen LogP contribution in [0.1, 0.15) is 33.1 Å². The highest BCUT2D eigenvalue weighted by atomic mass is 32.2. The van der Waals surface area contributed by atoms with E-state index in [0.29, 0.717) is 6.54 Å². The molecule has 1 fully saturated rings. The smallest absolute Gasteiger partial charge is 0.315 e. The van der Waals surface area contributed by atoms with Crippen LogP contribution in [0.2, 0.25) is 0 Å². The van der Waals surface area contributed by atoms with Crippen molar-refractivity contribution >= 4 is 23.8 Å². The van der Waals surface area contributed by atoms with E-state index in [1.165, 1.54) is 6.42 Å². The first kappa shape index (κ1) is 14.2. The predicted octanol–water partition coefficient (Wildman–Crippen LogP) is 1.43. The third kappa shape index (κ3) is 5.30. The zero-order valence-corrected chi connectivity index (χ0v) is 11.1. The molecule has 2 amide bonds. The number of urea groups is 1. The van der Waals surface area contributed by atoms with Crippen molar-refractivity contribution in [2.24, 2.45) is 0 Å². The van der Waals surface area contributed by atoms with Gasteiger partial charge in [-0.15, -0.1) is 0 Å². The molecule has 98 valence electrons. The summed E-state index contributed by atoms with van der Waals surface area (Å²) in [4.78, 5) is 21.9. The number of carboxylic acid groups (broad SMARTS) is 1. The highest BCUT2D eigenvalue weighted by Gasteiger charge is 2.29. The summed E-state index contributed by atoms with van der Waals surface area (Å²) in [6.45, 7) is 4.45. The monoisotopic (exact) mass is 260 g/mol. The van der Waals surface area contributed by atoms with Gasteiger partial charge >= 0.3 is 12.0 Å². The van der Waals surface area contributed by atoms with Gasteiger partial charge in [0.05, 0.1) is 6.42 Å². The highest BCUT2D eigenvalue weighted by Crippen LogP contribution is 2.36. The number of hydrogen-bond acceptors (Lipinski definition) is 3. The van der Waals surface area contributed by atoms with Gasteiger partial charge in [-0.05, 0) is 32.4 Å². The third-order valence-corrected chi connectivity index (χ3v) is 4.32. The first-order valence-electron chi connectivity index (χ1n) is 5.81. The van der Waals surface area contributed by atoms with Crippen molar-refractivity contribution in [3.8, 4) is 0 Å². The maximum atomic E-state index is 11.5. The molecule has 0 radical (unpaired) electrons. The molecule has 2 atom stereocenters. The Labute approximate surface area is 106 Å². The lowest BCUT2D eigenvalue weighted by Crippen LogP contribution is -2.45. The number of rotatable bonds is 5. The number of hydrogen-bond donors (Lipinski definition) is 3. The molecular weight excluding hydrogens is 240 g/mol. The summed E-state index contributed by atoms with van der Waals surface area (Å²) in [5.41, 5.74) is 0. The Balaban J connectivity index is 2.23. The third-order valence-electron chi connectivity index (χ3n) is 2.78. The van der Waals surface area contributed by atoms with E-state index < -0.39 is 5.97 Å². The van der Waals surface area contributed by atoms with Gasteiger partial charge in [0.15, 0.2) is 0 Å². The van der Waals surface area contributed by atoms with Crippen molar-refractivity contribution in [1.82, 2.24) is 10.6 Å². The second-order valence-electron chi connectivity index (χ2n) is 4.73. The zero-order chi connectivity index (χ0) is 12.9. The number of nitrogens with one attached hydrogen (secondary N) is 2. The number of carboxylic acids is 1. The minimum Gasteiger partial charge on any atom is -0.481 e. The van der Waals surface area contributed by atoms with Crippen LogP contribution in [0, 0.1) is 0 Å². The highest BCUT2D eigenvalue weighted by molar-refractivity contribution is 8.00. The molecule has 1 rings (SSSR count). The molecule has 0 aromatic carbocycles. The number of amides is 2. The molecular formula is C11H20N2O3S. The molecule has 2 unspecified atom stereocenters. The van der Waals surface area contributed by atoms with Crippen molar-refractivity contribution in [2.45, 2.75) is 43.9 Å². The average molecular weight is 260 g/mol. The lowest BCUT2D eigenvalue weighted by Gasteiger charge is -2.23. The molecule has 1 aliphatic rings. The topological polar surface area (TPSA) is 78.4 Å². The van der Waals surface area contributed by atoms with E-state index in [4.69, 9.17) is 5.11 Å². The molecule has 5 nitrogen and oxygen atoms in total. The van der Waals surface area contributed by atoms with Crippen LogP contribution in [0.5, 0.6) is 0 Å². The van der Waals surface area contributed by atoms with E-state index in [1.54, 1.807) is 6.92 Å². The second-order valence-corrected chi connectivity index (χ2v) is 6.41. The normalized spacial score (nSPS) is 25.3. The summed E-state index contributed by atoms with van der Waals surface area (Å²) in [5, 5.41) is 14.0. The van der Waals surface area contributed by atoms with Crippen LogP contribution in [-0.2, 0) is 4.79 Å². The molecule has 0 saturated carbocycles.